The highest BCUT2D eigenvalue weighted by atomic mass is 16.3. The monoisotopic (exact) mass is 259 g/mol. The highest BCUT2D eigenvalue weighted by molar-refractivity contribution is 5.28. The van der Waals surface area contributed by atoms with Gasteiger partial charge in [0, 0.05) is 25.5 Å². The summed E-state index contributed by atoms with van der Waals surface area (Å²) in [5.74, 6) is 0.776. The maximum Gasteiger partial charge on any atom is 0.115 e. The smallest absolute Gasteiger partial charge is 0.115 e. The average molecular weight is 259 g/mol. The number of rotatable bonds is 7. The van der Waals surface area contributed by atoms with E-state index in [9.17, 15) is 5.11 Å². The summed E-state index contributed by atoms with van der Waals surface area (Å²) >= 11 is 0. The molecule has 1 aromatic carbocycles. The molecule has 0 radical (unpaired) electrons. The van der Waals surface area contributed by atoms with Crippen LogP contribution in [0.1, 0.15) is 24.8 Å². The van der Waals surface area contributed by atoms with Crippen LogP contribution in [0.25, 0.3) is 0 Å². The van der Waals surface area contributed by atoms with E-state index < -0.39 is 0 Å². The van der Waals surface area contributed by atoms with Crippen LogP contribution in [0, 0.1) is 0 Å². The number of aryl methyl sites for hydroxylation is 1. The van der Waals surface area contributed by atoms with Gasteiger partial charge in [-0.3, -0.25) is 0 Å². The number of aromatic nitrogens is 2. The zero-order chi connectivity index (χ0) is 13.5. The first-order chi connectivity index (χ1) is 9.25. The summed E-state index contributed by atoms with van der Waals surface area (Å²) in [6.07, 6.45) is 6.73. The van der Waals surface area contributed by atoms with Crippen molar-refractivity contribution in [2.24, 2.45) is 0 Å². The summed E-state index contributed by atoms with van der Waals surface area (Å²) in [6.45, 7) is 5.14. The molecule has 2 aromatic rings. The maximum absolute atomic E-state index is 9.25. The summed E-state index contributed by atoms with van der Waals surface area (Å²) in [6, 6.07) is 7.44. The molecule has 2 rings (SSSR count). The number of nitrogens with one attached hydrogen (secondary N) is 1. The Balaban J connectivity index is 1.63. The van der Waals surface area contributed by atoms with Gasteiger partial charge in [-0.05, 0) is 36.6 Å². The van der Waals surface area contributed by atoms with E-state index in [4.69, 9.17) is 0 Å². The molecule has 1 aromatic heterocycles. The van der Waals surface area contributed by atoms with Gasteiger partial charge in [0.05, 0.1) is 6.33 Å². The van der Waals surface area contributed by atoms with E-state index in [0.717, 1.165) is 26.1 Å². The van der Waals surface area contributed by atoms with Gasteiger partial charge < -0.3 is 15.0 Å². The predicted octanol–water partition coefficient (Wildman–Crippen LogP) is 2.37. The van der Waals surface area contributed by atoms with Gasteiger partial charge in [0.1, 0.15) is 5.75 Å². The number of phenols is 1. The number of benzene rings is 1. The molecule has 0 aliphatic carbocycles. The fourth-order valence-electron chi connectivity index (χ4n) is 2.04. The summed E-state index contributed by atoms with van der Waals surface area (Å²) < 4.78 is 2.09. The van der Waals surface area contributed by atoms with Crippen molar-refractivity contribution >= 4 is 0 Å². The van der Waals surface area contributed by atoms with Crippen molar-refractivity contribution in [1.82, 2.24) is 14.9 Å². The number of phenolic OH excluding ortho intramolecular Hbond substituents is 1. The molecule has 1 unspecified atom stereocenters. The molecular formula is C15H21N3O. The van der Waals surface area contributed by atoms with Gasteiger partial charge in [0.2, 0.25) is 0 Å². The van der Waals surface area contributed by atoms with Crippen molar-refractivity contribution < 1.29 is 5.11 Å². The van der Waals surface area contributed by atoms with Crippen molar-refractivity contribution in [2.45, 2.75) is 25.8 Å². The SMILES string of the molecule is CC(CNCCCn1ccnc1)c1ccc(O)cc1. The third-order valence-corrected chi connectivity index (χ3v) is 3.24. The minimum Gasteiger partial charge on any atom is -0.508 e. The normalized spacial score (nSPS) is 12.5. The van der Waals surface area contributed by atoms with Gasteiger partial charge in [-0.15, -0.1) is 0 Å². The molecule has 0 fully saturated rings. The number of aromatic hydroxyl groups is 1. The summed E-state index contributed by atoms with van der Waals surface area (Å²) in [4.78, 5) is 4.02. The molecule has 0 saturated carbocycles. The number of hydrogen-bond acceptors (Lipinski definition) is 3. The Morgan fingerprint density at radius 1 is 1.32 bits per heavy atom. The average Bonchev–Trinajstić information content (AvgIpc) is 2.92. The second kappa shape index (κ2) is 6.95. The molecule has 0 spiro atoms. The topological polar surface area (TPSA) is 50.1 Å². The first kappa shape index (κ1) is 13.6. The van der Waals surface area contributed by atoms with Crippen LogP contribution in [-0.2, 0) is 6.54 Å². The molecule has 0 amide bonds. The highest BCUT2D eigenvalue weighted by Gasteiger charge is 2.04. The lowest BCUT2D eigenvalue weighted by Crippen LogP contribution is -2.22. The number of hydrogen-bond donors (Lipinski definition) is 2. The van der Waals surface area contributed by atoms with Crippen molar-refractivity contribution in [2.75, 3.05) is 13.1 Å². The molecule has 1 heterocycles. The first-order valence-electron chi connectivity index (χ1n) is 6.71. The second-order valence-corrected chi connectivity index (χ2v) is 4.85. The Hall–Kier alpha value is -1.81. The summed E-state index contributed by atoms with van der Waals surface area (Å²) in [7, 11) is 0. The van der Waals surface area contributed by atoms with Crippen LogP contribution in [-0.4, -0.2) is 27.7 Å². The molecule has 0 bridgehead atoms. The van der Waals surface area contributed by atoms with Crippen molar-refractivity contribution in [3.8, 4) is 5.75 Å². The summed E-state index contributed by atoms with van der Waals surface area (Å²) in [5.41, 5.74) is 1.25. The van der Waals surface area contributed by atoms with Gasteiger partial charge in [-0.1, -0.05) is 19.1 Å². The first-order valence-corrected chi connectivity index (χ1v) is 6.71. The van der Waals surface area contributed by atoms with Gasteiger partial charge in [0.15, 0.2) is 0 Å². The van der Waals surface area contributed by atoms with Crippen molar-refractivity contribution in [1.29, 1.82) is 0 Å². The Kier molecular flexibility index (Phi) is 4.98. The largest absolute Gasteiger partial charge is 0.508 e. The predicted molar refractivity (Wildman–Crippen MR) is 76.2 cm³/mol. The Labute approximate surface area is 114 Å². The zero-order valence-electron chi connectivity index (χ0n) is 11.3. The molecule has 0 saturated heterocycles. The minimum atomic E-state index is 0.323. The van der Waals surface area contributed by atoms with Gasteiger partial charge >= 0.3 is 0 Å². The lowest BCUT2D eigenvalue weighted by molar-refractivity contribution is 0.474. The standard InChI is InChI=1S/C15H21N3O/c1-13(14-3-5-15(19)6-4-14)11-16-7-2-9-18-10-8-17-12-18/h3-6,8,10,12-13,16,19H,2,7,9,11H2,1H3. The van der Waals surface area contributed by atoms with Crippen LogP contribution >= 0.6 is 0 Å². The molecule has 2 N–H and O–H groups in total. The fraction of sp³-hybridized carbons (Fsp3) is 0.400. The molecule has 1 atom stereocenters. The van der Waals surface area contributed by atoms with Crippen LogP contribution in [0.15, 0.2) is 43.0 Å². The molecule has 0 aliphatic rings. The lowest BCUT2D eigenvalue weighted by atomic mass is 10.0. The van der Waals surface area contributed by atoms with Crippen LogP contribution in [0.5, 0.6) is 5.75 Å². The minimum absolute atomic E-state index is 0.323. The number of imidazole rings is 1. The van der Waals surface area contributed by atoms with E-state index in [0.29, 0.717) is 11.7 Å². The van der Waals surface area contributed by atoms with Crippen LogP contribution in [0.4, 0.5) is 0 Å². The van der Waals surface area contributed by atoms with Crippen LogP contribution < -0.4 is 5.32 Å². The van der Waals surface area contributed by atoms with Crippen LogP contribution in [0.2, 0.25) is 0 Å². The van der Waals surface area contributed by atoms with E-state index in [-0.39, 0.29) is 0 Å². The maximum atomic E-state index is 9.25. The molecule has 19 heavy (non-hydrogen) atoms. The van der Waals surface area contributed by atoms with E-state index in [2.05, 4.69) is 21.8 Å². The molecule has 4 nitrogen and oxygen atoms in total. The van der Waals surface area contributed by atoms with Crippen molar-refractivity contribution in [3.05, 3.63) is 48.5 Å². The van der Waals surface area contributed by atoms with E-state index in [1.165, 1.54) is 5.56 Å². The fourth-order valence-corrected chi connectivity index (χ4v) is 2.04. The van der Waals surface area contributed by atoms with Gasteiger partial charge in [-0.25, -0.2) is 4.98 Å². The lowest BCUT2D eigenvalue weighted by Gasteiger charge is -2.13. The molecule has 0 aliphatic heterocycles. The molecule has 4 heteroatoms. The third-order valence-electron chi connectivity index (χ3n) is 3.24. The van der Waals surface area contributed by atoms with E-state index in [1.54, 1.807) is 18.3 Å². The Bertz CT molecular complexity index is 465. The third kappa shape index (κ3) is 4.41. The highest BCUT2D eigenvalue weighted by Crippen LogP contribution is 2.17. The molecule has 102 valence electrons. The van der Waals surface area contributed by atoms with Gasteiger partial charge in [0.25, 0.3) is 0 Å². The van der Waals surface area contributed by atoms with E-state index in [1.807, 2.05) is 24.7 Å². The second-order valence-electron chi connectivity index (χ2n) is 4.85. The summed E-state index contributed by atoms with van der Waals surface area (Å²) in [5, 5.41) is 12.7. The van der Waals surface area contributed by atoms with E-state index >= 15 is 0 Å². The van der Waals surface area contributed by atoms with Gasteiger partial charge in [-0.2, -0.15) is 0 Å². The quantitative estimate of drug-likeness (QED) is 0.751. The molecular weight excluding hydrogens is 238 g/mol. The van der Waals surface area contributed by atoms with Crippen molar-refractivity contribution in [3.63, 3.8) is 0 Å². The number of nitrogens with zero attached hydrogens (tertiary/aromatic N) is 2. The zero-order valence-corrected chi connectivity index (χ0v) is 11.3. The Morgan fingerprint density at radius 2 is 2.11 bits per heavy atom. The Morgan fingerprint density at radius 3 is 2.79 bits per heavy atom. The van der Waals surface area contributed by atoms with Crippen LogP contribution in [0.3, 0.4) is 0 Å².